The molecule has 0 heterocycles. The molecule has 2 saturated carbocycles. The van der Waals surface area contributed by atoms with Crippen LogP contribution in [0.5, 0.6) is 0 Å². The van der Waals surface area contributed by atoms with Gasteiger partial charge in [-0.15, -0.1) is 0 Å². The van der Waals surface area contributed by atoms with Crippen molar-refractivity contribution in [2.75, 3.05) is 0 Å². The molecule has 0 bridgehead atoms. The van der Waals surface area contributed by atoms with Crippen LogP contribution in [0.4, 0.5) is 4.79 Å². The van der Waals surface area contributed by atoms with Gasteiger partial charge in [0.05, 0.1) is 6.10 Å². The van der Waals surface area contributed by atoms with Gasteiger partial charge in [-0.2, -0.15) is 0 Å². The molecule has 0 unspecified atom stereocenters. The van der Waals surface area contributed by atoms with E-state index in [1.807, 2.05) is 20.8 Å². The van der Waals surface area contributed by atoms with Gasteiger partial charge in [-0.3, -0.25) is 0 Å². The summed E-state index contributed by atoms with van der Waals surface area (Å²) >= 11 is 0. The summed E-state index contributed by atoms with van der Waals surface area (Å²) < 4.78 is 5.27. The molecule has 1 amide bonds. The Kier molecular flexibility index (Phi) is 3.85. The van der Waals surface area contributed by atoms with E-state index in [-0.39, 0.29) is 18.2 Å². The fraction of sp³-hybridized carbons (Fsp3) is 0.929. The Morgan fingerprint density at radius 1 is 1.17 bits per heavy atom. The molecule has 0 spiro atoms. The quantitative estimate of drug-likeness (QED) is 0.756. The molecule has 104 valence electrons. The predicted octanol–water partition coefficient (Wildman–Crippen LogP) is 2.45. The van der Waals surface area contributed by atoms with Gasteiger partial charge in [-0.25, -0.2) is 4.79 Å². The average molecular weight is 255 g/mol. The van der Waals surface area contributed by atoms with Crippen molar-refractivity contribution in [2.24, 2.45) is 11.8 Å². The summed E-state index contributed by atoms with van der Waals surface area (Å²) in [4.78, 5) is 11.7. The van der Waals surface area contributed by atoms with Crippen LogP contribution in [-0.2, 0) is 4.74 Å². The lowest BCUT2D eigenvalue weighted by molar-refractivity contribution is 0.0504. The van der Waals surface area contributed by atoms with E-state index in [0.717, 1.165) is 32.1 Å². The summed E-state index contributed by atoms with van der Waals surface area (Å²) in [6.45, 7) is 5.62. The third kappa shape index (κ3) is 3.61. The van der Waals surface area contributed by atoms with E-state index in [2.05, 4.69) is 5.32 Å². The minimum atomic E-state index is -0.439. The van der Waals surface area contributed by atoms with Gasteiger partial charge in [-0.05, 0) is 64.7 Å². The molecule has 0 saturated heterocycles. The summed E-state index contributed by atoms with van der Waals surface area (Å²) in [6, 6.07) is 0.222. The van der Waals surface area contributed by atoms with Crippen LogP contribution < -0.4 is 5.32 Å². The Morgan fingerprint density at radius 2 is 1.83 bits per heavy atom. The lowest BCUT2D eigenvalue weighted by Gasteiger charge is -2.28. The number of aliphatic hydroxyl groups is 1. The molecule has 2 rings (SSSR count). The van der Waals surface area contributed by atoms with Gasteiger partial charge in [0.15, 0.2) is 0 Å². The molecule has 2 aliphatic rings. The van der Waals surface area contributed by atoms with Gasteiger partial charge < -0.3 is 15.2 Å². The van der Waals surface area contributed by atoms with Gasteiger partial charge in [0.2, 0.25) is 0 Å². The number of amides is 1. The van der Waals surface area contributed by atoms with E-state index in [1.54, 1.807) is 0 Å². The zero-order chi connectivity index (χ0) is 13.3. The molecular weight excluding hydrogens is 230 g/mol. The SMILES string of the molecule is CC(C)(C)OC(=O)N[C@H]1C[C@H]2C[C@@H](O)CC[C@H]2C1. The Hall–Kier alpha value is -0.770. The summed E-state index contributed by atoms with van der Waals surface area (Å²) in [5.41, 5.74) is -0.439. The van der Waals surface area contributed by atoms with E-state index in [4.69, 9.17) is 4.74 Å². The molecule has 2 fully saturated rings. The zero-order valence-corrected chi connectivity index (χ0v) is 11.6. The fourth-order valence-corrected chi connectivity index (χ4v) is 3.32. The van der Waals surface area contributed by atoms with Crippen LogP contribution in [0.1, 0.15) is 52.9 Å². The summed E-state index contributed by atoms with van der Waals surface area (Å²) in [7, 11) is 0. The number of carbonyl (C=O) groups is 1. The van der Waals surface area contributed by atoms with Crippen molar-refractivity contribution >= 4 is 6.09 Å². The molecule has 2 N–H and O–H groups in total. The van der Waals surface area contributed by atoms with Crippen LogP contribution in [-0.4, -0.2) is 28.9 Å². The molecule has 0 aliphatic heterocycles. The van der Waals surface area contributed by atoms with Crippen LogP contribution in [0.3, 0.4) is 0 Å². The average Bonchev–Trinajstić information content (AvgIpc) is 2.55. The maximum atomic E-state index is 11.7. The Morgan fingerprint density at radius 3 is 2.50 bits per heavy atom. The van der Waals surface area contributed by atoms with Gasteiger partial charge in [0, 0.05) is 6.04 Å². The van der Waals surface area contributed by atoms with E-state index in [9.17, 15) is 9.90 Å². The molecule has 4 nitrogen and oxygen atoms in total. The number of rotatable bonds is 1. The first-order valence-corrected chi connectivity index (χ1v) is 7.01. The highest BCUT2D eigenvalue weighted by atomic mass is 16.6. The second-order valence-electron chi connectivity index (χ2n) is 6.80. The smallest absolute Gasteiger partial charge is 0.407 e. The van der Waals surface area contributed by atoms with Crippen molar-refractivity contribution in [1.29, 1.82) is 0 Å². The van der Waals surface area contributed by atoms with E-state index in [0.29, 0.717) is 11.8 Å². The largest absolute Gasteiger partial charge is 0.444 e. The van der Waals surface area contributed by atoms with Gasteiger partial charge in [-0.1, -0.05) is 0 Å². The predicted molar refractivity (Wildman–Crippen MR) is 69.2 cm³/mol. The highest BCUT2D eigenvalue weighted by Crippen LogP contribution is 2.42. The number of aliphatic hydroxyl groups excluding tert-OH is 1. The number of nitrogens with one attached hydrogen (secondary N) is 1. The molecule has 0 aromatic rings. The molecular formula is C14H25NO3. The molecule has 0 aromatic heterocycles. The second kappa shape index (κ2) is 5.08. The van der Waals surface area contributed by atoms with Crippen molar-refractivity contribution < 1.29 is 14.6 Å². The van der Waals surface area contributed by atoms with Crippen molar-refractivity contribution in [2.45, 2.75) is 70.6 Å². The summed E-state index contributed by atoms with van der Waals surface area (Å²) in [6.07, 6.45) is 4.49. The molecule has 18 heavy (non-hydrogen) atoms. The lowest BCUT2D eigenvalue weighted by atomic mass is 9.80. The highest BCUT2D eigenvalue weighted by Gasteiger charge is 2.39. The Labute approximate surface area is 109 Å². The van der Waals surface area contributed by atoms with Gasteiger partial charge >= 0.3 is 6.09 Å². The molecule has 0 aromatic carbocycles. The van der Waals surface area contributed by atoms with Crippen LogP contribution in [0, 0.1) is 11.8 Å². The van der Waals surface area contributed by atoms with Crippen molar-refractivity contribution in [1.82, 2.24) is 5.32 Å². The number of alkyl carbamates (subject to hydrolysis) is 1. The zero-order valence-electron chi connectivity index (χ0n) is 11.6. The number of hydrogen-bond acceptors (Lipinski definition) is 3. The minimum absolute atomic E-state index is 0.133. The Bertz CT molecular complexity index is 311. The van der Waals surface area contributed by atoms with Gasteiger partial charge in [0.25, 0.3) is 0 Å². The molecule has 0 radical (unpaired) electrons. The normalized spacial score (nSPS) is 36.0. The number of carbonyl (C=O) groups excluding carboxylic acids is 1. The van der Waals surface area contributed by atoms with E-state index in [1.165, 1.54) is 0 Å². The first kappa shape index (κ1) is 13.7. The highest BCUT2D eigenvalue weighted by molar-refractivity contribution is 5.68. The van der Waals surface area contributed by atoms with Crippen LogP contribution in [0.2, 0.25) is 0 Å². The third-order valence-electron chi connectivity index (χ3n) is 4.01. The van der Waals surface area contributed by atoms with Crippen molar-refractivity contribution in [3.8, 4) is 0 Å². The third-order valence-corrected chi connectivity index (χ3v) is 4.01. The fourth-order valence-electron chi connectivity index (χ4n) is 3.32. The minimum Gasteiger partial charge on any atom is -0.444 e. The molecule has 2 aliphatic carbocycles. The van der Waals surface area contributed by atoms with E-state index >= 15 is 0 Å². The van der Waals surface area contributed by atoms with Crippen LogP contribution in [0.25, 0.3) is 0 Å². The number of ether oxygens (including phenoxy) is 1. The monoisotopic (exact) mass is 255 g/mol. The van der Waals surface area contributed by atoms with Crippen LogP contribution >= 0.6 is 0 Å². The second-order valence-corrected chi connectivity index (χ2v) is 6.80. The first-order valence-electron chi connectivity index (χ1n) is 7.01. The summed E-state index contributed by atoms with van der Waals surface area (Å²) in [5.74, 6) is 1.25. The standard InChI is InChI=1S/C14H25NO3/c1-14(2,3)18-13(17)15-11-6-9-4-5-12(16)8-10(9)7-11/h9-12,16H,4-8H2,1-3H3,(H,15,17)/t9-,10-,11+,12-/m0/s1. The number of hydrogen-bond donors (Lipinski definition) is 2. The number of fused-ring (bicyclic) bond motifs is 1. The molecule has 4 heteroatoms. The summed E-state index contributed by atoms with van der Waals surface area (Å²) in [5, 5.41) is 12.6. The topological polar surface area (TPSA) is 58.6 Å². The van der Waals surface area contributed by atoms with Gasteiger partial charge in [0.1, 0.15) is 5.60 Å². The van der Waals surface area contributed by atoms with Crippen molar-refractivity contribution in [3.05, 3.63) is 0 Å². The maximum absolute atomic E-state index is 11.7. The lowest BCUT2D eigenvalue weighted by Crippen LogP contribution is -2.38. The van der Waals surface area contributed by atoms with Crippen LogP contribution in [0.15, 0.2) is 0 Å². The van der Waals surface area contributed by atoms with Crippen molar-refractivity contribution in [3.63, 3.8) is 0 Å². The Balaban J connectivity index is 1.80. The molecule has 4 atom stereocenters. The first-order chi connectivity index (χ1) is 8.33. The van der Waals surface area contributed by atoms with E-state index < -0.39 is 5.60 Å². The maximum Gasteiger partial charge on any atom is 0.407 e.